The van der Waals surface area contributed by atoms with Crippen LogP contribution in [0.2, 0.25) is 0 Å². The topological polar surface area (TPSA) is 76.3 Å². The molecular formula is C21H19F3N4O2. The maximum absolute atomic E-state index is 13.1. The van der Waals surface area contributed by atoms with Crippen molar-refractivity contribution in [1.82, 2.24) is 15.2 Å². The zero-order valence-corrected chi connectivity index (χ0v) is 16.1. The first-order valence-electron chi connectivity index (χ1n) is 9.32. The van der Waals surface area contributed by atoms with Crippen molar-refractivity contribution in [2.75, 3.05) is 0 Å². The number of alkyl halides is 3. The minimum absolute atomic E-state index is 0.0254. The molecule has 3 rings (SSSR count). The number of aromatic nitrogens is 2. The fraction of sp³-hybridized carbons (Fsp3) is 0.238. The Hall–Kier alpha value is -3.49. The Balaban J connectivity index is 1.92. The molecule has 0 saturated carbocycles. The molecule has 0 atom stereocenters. The van der Waals surface area contributed by atoms with E-state index in [0.29, 0.717) is 23.7 Å². The van der Waals surface area contributed by atoms with E-state index in [9.17, 15) is 22.8 Å². The Morgan fingerprint density at radius 2 is 1.80 bits per heavy atom. The maximum atomic E-state index is 13.1. The van der Waals surface area contributed by atoms with E-state index in [1.165, 1.54) is 22.9 Å². The highest BCUT2D eigenvalue weighted by Crippen LogP contribution is 2.31. The van der Waals surface area contributed by atoms with Gasteiger partial charge < -0.3 is 0 Å². The molecule has 30 heavy (non-hydrogen) atoms. The molecule has 0 unspecified atom stereocenters. The van der Waals surface area contributed by atoms with Gasteiger partial charge in [0.2, 0.25) is 0 Å². The van der Waals surface area contributed by atoms with E-state index in [2.05, 4.69) is 15.6 Å². The van der Waals surface area contributed by atoms with Gasteiger partial charge in [0, 0.05) is 17.5 Å². The third-order valence-electron chi connectivity index (χ3n) is 4.44. The monoisotopic (exact) mass is 416 g/mol. The summed E-state index contributed by atoms with van der Waals surface area (Å²) in [5.74, 6) is -0.725. The fourth-order valence-electron chi connectivity index (χ4n) is 2.94. The second-order valence-electron chi connectivity index (χ2n) is 6.56. The van der Waals surface area contributed by atoms with Gasteiger partial charge in [0.1, 0.15) is 0 Å². The van der Waals surface area contributed by atoms with Crippen LogP contribution in [0, 0.1) is 0 Å². The number of carbonyl (C=O) groups is 1. The summed E-state index contributed by atoms with van der Waals surface area (Å²) in [6.45, 7) is 2.32. The van der Waals surface area contributed by atoms with Crippen molar-refractivity contribution in [2.24, 2.45) is 5.10 Å². The Morgan fingerprint density at radius 1 is 1.13 bits per heavy atom. The molecule has 1 heterocycles. The summed E-state index contributed by atoms with van der Waals surface area (Å²) in [5.41, 5.74) is 0.828. The van der Waals surface area contributed by atoms with E-state index in [1.54, 1.807) is 24.3 Å². The Morgan fingerprint density at radius 3 is 2.50 bits per heavy atom. The molecule has 0 saturated heterocycles. The summed E-state index contributed by atoms with van der Waals surface area (Å²) in [5, 5.41) is 8.50. The van der Waals surface area contributed by atoms with Gasteiger partial charge in [-0.2, -0.15) is 23.4 Å². The number of fused-ring (bicyclic) bond motifs is 1. The van der Waals surface area contributed by atoms with E-state index < -0.39 is 17.6 Å². The third kappa shape index (κ3) is 4.56. The average Bonchev–Trinajstić information content (AvgIpc) is 2.73. The summed E-state index contributed by atoms with van der Waals surface area (Å²) in [7, 11) is 0. The fourth-order valence-corrected chi connectivity index (χ4v) is 2.94. The molecule has 0 aliphatic rings. The number of benzene rings is 2. The number of halogens is 3. The Labute approximate surface area is 170 Å². The van der Waals surface area contributed by atoms with Crippen LogP contribution in [-0.4, -0.2) is 21.9 Å². The number of nitrogens with zero attached hydrogens (tertiary/aromatic N) is 3. The van der Waals surface area contributed by atoms with E-state index in [-0.39, 0.29) is 16.8 Å². The summed E-state index contributed by atoms with van der Waals surface area (Å²) < 4.78 is 40.4. The normalized spacial score (nSPS) is 11.9. The first-order chi connectivity index (χ1) is 14.3. The predicted octanol–water partition coefficient (Wildman–Crippen LogP) is 3.98. The van der Waals surface area contributed by atoms with Gasteiger partial charge in [0.15, 0.2) is 5.69 Å². The number of hydrogen-bond acceptors (Lipinski definition) is 4. The number of aryl methyl sites for hydroxylation is 1. The molecule has 1 aromatic heterocycles. The van der Waals surface area contributed by atoms with E-state index in [1.807, 2.05) is 6.92 Å². The van der Waals surface area contributed by atoms with Crippen LogP contribution in [0.3, 0.4) is 0 Å². The molecule has 0 radical (unpaired) electrons. The van der Waals surface area contributed by atoms with Gasteiger partial charge in [0.25, 0.3) is 11.5 Å². The quantitative estimate of drug-likeness (QED) is 0.488. The Kier molecular flexibility index (Phi) is 6.29. The van der Waals surface area contributed by atoms with Crippen molar-refractivity contribution in [2.45, 2.75) is 32.5 Å². The number of carbonyl (C=O) groups excluding carboxylic acids is 1. The molecule has 1 amide bonds. The maximum Gasteiger partial charge on any atom is 0.417 e. The molecule has 0 aliphatic heterocycles. The van der Waals surface area contributed by atoms with Crippen molar-refractivity contribution in [1.29, 1.82) is 0 Å². The molecule has 9 heteroatoms. The van der Waals surface area contributed by atoms with Crippen LogP contribution in [0.15, 0.2) is 58.4 Å². The molecule has 0 bridgehead atoms. The van der Waals surface area contributed by atoms with Crippen LogP contribution in [-0.2, 0) is 12.7 Å². The molecule has 2 aromatic carbocycles. The predicted molar refractivity (Wildman–Crippen MR) is 107 cm³/mol. The van der Waals surface area contributed by atoms with Crippen molar-refractivity contribution in [3.05, 3.63) is 75.7 Å². The van der Waals surface area contributed by atoms with Gasteiger partial charge in [-0.3, -0.25) is 9.59 Å². The van der Waals surface area contributed by atoms with E-state index in [4.69, 9.17) is 0 Å². The van der Waals surface area contributed by atoms with Crippen LogP contribution in [0.1, 0.15) is 41.4 Å². The SMILES string of the molecule is CCCCn1nc(C(=O)N/N=C/c2ccccc2C(F)(F)F)c2ccccc2c1=O. The summed E-state index contributed by atoms with van der Waals surface area (Å²) in [6, 6.07) is 11.4. The van der Waals surface area contributed by atoms with Gasteiger partial charge in [-0.25, -0.2) is 10.1 Å². The molecule has 156 valence electrons. The van der Waals surface area contributed by atoms with Crippen LogP contribution < -0.4 is 11.0 Å². The molecule has 3 aromatic rings. The minimum Gasteiger partial charge on any atom is -0.267 e. The molecule has 1 N–H and O–H groups in total. The van der Waals surface area contributed by atoms with Gasteiger partial charge >= 0.3 is 6.18 Å². The van der Waals surface area contributed by atoms with Crippen LogP contribution in [0.25, 0.3) is 10.8 Å². The van der Waals surface area contributed by atoms with E-state index in [0.717, 1.165) is 18.7 Å². The van der Waals surface area contributed by atoms with Crippen LogP contribution >= 0.6 is 0 Å². The molecule has 0 fully saturated rings. The highest BCUT2D eigenvalue weighted by atomic mass is 19.4. The zero-order valence-electron chi connectivity index (χ0n) is 16.1. The van der Waals surface area contributed by atoms with E-state index >= 15 is 0 Å². The first-order valence-corrected chi connectivity index (χ1v) is 9.32. The summed E-state index contributed by atoms with van der Waals surface area (Å²) in [4.78, 5) is 25.2. The number of unbranched alkanes of at least 4 members (excludes halogenated alkanes) is 1. The van der Waals surface area contributed by atoms with Gasteiger partial charge in [-0.15, -0.1) is 0 Å². The van der Waals surface area contributed by atoms with Gasteiger partial charge in [-0.05, 0) is 18.6 Å². The highest BCUT2D eigenvalue weighted by molar-refractivity contribution is 6.05. The van der Waals surface area contributed by atoms with Crippen LogP contribution in [0.5, 0.6) is 0 Å². The highest BCUT2D eigenvalue weighted by Gasteiger charge is 2.32. The second-order valence-corrected chi connectivity index (χ2v) is 6.56. The third-order valence-corrected chi connectivity index (χ3v) is 4.44. The molecule has 0 spiro atoms. The van der Waals surface area contributed by atoms with Crippen molar-refractivity contribution < 1.29 is 18.0 Å². The molecular weight excluding hydrogens is 397 g/mol. The summed E-state index contributed by atoms with van der Waals surface area (Å²) in [6.07, 6.45) is -2.07. The van der Waals surface area contributed by atoms with Crippen LogP contribution in [0.4, 0.5) is 13.2 Å². The molecule has 0 aliphatic carbocycles. The van der Waals surface area contributed by atoms with Gasteiger partial charge in [0.05, 0.1) is 17.2 Å². The van der Waals surface area contributed by atoms with Gasteiger partial charge in [-0.1, -0.05) is 49.7 Å². The lowest BCUT2D eigenvalue weighted by Gasteiger charge is -2.10. The lowest BCUT2D eigenvalue weighted by molar-refractivity contribution is -0.137. The lowest BCUT2D eigenvalue weighted by atomic mass is 10.1. The Bertz CT molecular complexity index is 1150. The number of rotatable bonds is 6. The average molecular weight is 416 g/mol. The number of hydrogen-bond donors (Lipinski definition) is 1. The molecule has 6 nitrogen and oxygen atoms in total. The second kappa shape index (κ2) is 8.89. The first kappa shape index (κ1) is 21.2. The van der Waals surface area contributed by atoms with Crippen molar-refractivity contribution in [3.8, 4) is 0 Å². The number of amides is 1. The standard InChI is InChI=1S/C21H19F3N4O2/c1-2-3-12-28-20(30)16-10-6-5-9-15(16)18(27-28)19(29)26-25-13-14-8-4-7-11-17(14)21(22,23)24/h4-11,13H,2-3,12H2,1H3,(H,26,29)/b25-13+. The number of nitrogens with one attached hydrogen (secondary N) is 1. The van der Waals surface area contributed by atoms with Crippen molar-refractivity contribution >= 4 is 22.9 Å². The van der Waals surface area contributed by atoms with Crippen molar-refractivity contribution in [3.63, 3.8) is 0 Å². The smallest absolute Gasteiger partial charge is 0.267 e. The zero-order chi connectivity index (χ0) is 21.7. The summed E-state index contributed by atoms with van der Waals surface area (Å²) >= 11 is 0. The minimum atomic E-state index is -4.54. The number of hydrazone groups is 1. The largest absolute Gasteiger partial charge is 0.417 e. The lowest BCUT2D eigenvalue weighted by Crippen LogP contribution is -2.29.